The van der Waals surface area contributed by atoms with Crippen molar-refractivity contribution in [1.29, 1.82) is 0 Å². The second kappa shape index (κ2) is 8.06. The Bertz CT molecular complexity index is 370. The summed E-state index contributed by atoms with van der Waals surface area (Å²) in [5, 5.41) is 9.31. The monoisotopic (exact) mass is 316 g/mol. The van der Waals surface area contributed by atoms with Crippen molar-refractivity contribution in [1.82, 2.24) is 4.90 Å². The van der Waals surface area contributed by atoms with Gasteiger partial charge in [0.2, 0.25) is 5.91 Å². The van der Waals surface area contributed by atoms with E-state index in [-0.39, 0.29) is 29.7 Å². The zero-order valence-corrected chi connectivity index (χ0v) is 14.1. The Morgan fingerprint density at radius 1 is 1.38 bits per heavy atom. The lowest BCUT2D eigenvalue weighted by atomic mass is 9.77. The average Bonchev–Trinajstić information content (AvgIpc) is 2.45. The summed E-state index contributed by atoms with van der Waals surface area (Å²) in [6.45, 7) is 6.81. The molecule has 1 fully saturated rings. The number of nitrogens with two attached hydrogens (primary N) is 1. The number of hydrogen-bond donors (Lipinski definition) is 2. The molecule has 2 unspecified atom stereocenters. The van der Waals surface area contributed by atoms with Gasteiger partial charge < -0.3 is 20.5 Å². The molecule has 3 N–H and O–H groups in total. The minimum Gasteiger partial charge on any atom is -0.394 e. The lowest BCUT2D eigenvalue weighted by Gasteiger charge is -2.42. The fraction of sp³-hybridized carbons (Fsp3) is 0.867. The molecule has 0 aromatic rings. The highest BCUT2D eigenvalue weighted by Crippen LogP contribution is 2.34. The van der Waals surface area contributed by atoms with Gasteiger partial charge in [-0.25, -0.2) is 0 Å². The number of aliphatic hydroxyl groups is 1. The molecule has 0 saturated carbocycles. The second-order valence-corrected chi connectivity index (χ2v) is 6.35. The molecular formula is C15H28N2O3S. The molecular weight excluding hydrogens is 288 g/mol. The van der Waals surface area contributed by atoms with E-state index < -0.39 is 5.41 Å². The Morgan fingerprint density at radius 3 is 2.38 bits per heavy atom. The Labute approximate surface area is 132 Å². The van der Waals surface area contributed by atoms with E-state index in [2.05, 4.69) is 0 Å². The van der Waals surface area contributed by atoms with Crippen LogP contribution in [0.25, 0.3) is 0 Å². The van der Waals surface area contributed by atoms with Gasteiger partial charge in [-0.15, -0.1) is 0 Å². The highest BCUT2D eigenvalue weighted by molar-refractivity contribution is 7.80. The normalized spacial score (nSPS) is 23.1. The van der Waals surface area contributed by atoms with Crippen LogP contribution in [0.15, 0.2) is 0 Å². The quantitative estimate of drug-likeness (QED) is 0.696. The summed E-state index contributed by atoms with van der Waals surface area (Å²) in [7, 11) is 0. The highest BCUT2D eigenvalue weighted by atomic mass is 32.1. The van der Waals surface area contributed by atoms with Gasteiger partial charge in [-0.3, -0.25) is 4.79 Å². The number of nitrogens with zero attached hydrogens (tertiary/aromatic N) is 1. The molecule has 1 heterocycles. The first-order chi connectivity index (χ1) is 9.91. The summed E-state index contributed by atoms with van der Waals surface area (Å²) in [4.78, 5) is 15.1. The average molecular weight is 316 g/mol. The van der Waals surface area contributed by atoms with E-state index in [4.69, 9.17) is 22.7 Å². The van der Waals surface area contributed by atoms with Gasteiger partial charge in [0.25, 0.3) is 0 Å². The van der Waals surface area contributed by atoms with Crippen LogP contribution in [0.4, 0.5) is 0 Å². The van der Waals surface area contributed by atoms with E-state index in [0.717, 1.165) is 12.8 Å². The molecule has 5 nitrogen and oxygen atoms in total. The Morgan fingerprint density at radius 2 is 1.95 bits per heavy atom. The van der Waals surface area contributed by atoms with E-state index in [1.807, 2.05) is 20.8 Å². The molecule has 122 valence electrons. The largest absolute Gasteiger partial charge is 0.394 e. The molecule has 0 aromatic heterocycles. The molecule has 2 atom stereocenters. The molecule has 0 aliphatic carbocycles. The zero-order chi connectivity index (χ0) is 16.0. The van der Waals surface area contributed by atoms with Crippen molar-refractivity contribution >= 4 is 23.1 Å². The third-order valence-electron chi connectivity index (χ3n) is 4.05. The van der Waals surface area contributed by atoms with Crippen molar-refractivity contribution in [2.45, 2.75) is 58.7 Å². The van der Waals surface area contributed by atoms with Crippen LogP contribution >= 0.6 is 12.2 Å². The third-order valence-corrected chi connectivity index (χ3v) is 4.44. The molecule has 0 spiro atoms. The molecule has 21 heavy (non-hydrogen) atoms. The molecule has 1 rings (SSSR count). The van der Waals surface area contributed by atoms with Crippen molar-refractivity contribution in [3.8, 4) is 0 Å². The van der Waals surface area contributed by atoms with Gasteiger partial charge in [0, 0.05) is 13.1 Å². The van der Waals surface area contributed by atoms with E-state index in [9.17, 15) is 9.90 Å². The van der Waals surface area contributed by atoms with Gasteiger partial charge in [0.1, 0.15) is 0 Å². The van der Waals surface area contributed by atoms with Gasteiger partial charge in [-0.1, -0.05) is 38.9 Å². The van der Waals surface area contributed by atoms with Crippen LogP contribution in [0.1, 0.15) is 46.5 Å². The first-order valence-electron chi connectivity index (χ1n) is 7.76. The molecule has 1 saturated heterocycles. The smallest absolute Gasteiger partial charge is 0.235 e. The molecule has 1 amide bonds. The minimum absolute atomic E-state index is 0.00713. The maximum Gasteiger partial charge on any atom is 0.235 e. The van der Waals surface area contributed by atoms with Crippen LogP contribution in [0.3, 0.4) is 0 Å². The zero-order valence-electron chi connectivity index (χ0n) is 13.3. The number of rotatable bonds is 7. The van der Waals surface area contributed by atoms with Gasteiger partial charge in [0.15, 0.2) is 0 Å². The predicted molar refractivity (Wildman–Crippen MR) is 87.0 cm³/mol. The standard InChI is InChI=1S/C15H28N2O3S/c1-4-6-15(7-5-2,13(16)21)14(19)17-8-11(3)20-12(9-17)10-18/h11-12,18H,4-10H2,1-3H3,(H2,16,21). The van der Waals surface area contributed by atoms with E-state index in [1.54, 1.807) is 4.90 Å². The summed E-state index contributed by atoms with van der Waals surface area (Å²) in [6.07, 6.45) is 2.63. The first kappa shape index (κ1) is 18.3. The number of morpholine rings is 1. The summed E-state index contributed by atoms with van der Waals surface area (Å²) in [5.74, 6) is -0.00713. The van der Waals surface area contributed by atoms with E-state index >= 15 is 0 Å². The Kier molecular flexibility index (Phi) is 7.03. The predicted octanol–water partition coefficient (Wildman–Crippen LogP) is 1.47. The maximum absolute atomic E-state index is 13.1. The van der Waals surface area contributed by atoms with Gasteiger partial charge in [-0.05, 0) is 19.8 Å². The number of amides is 1. The molecule has 1 aliphatic heterocycles. The van der Waals surface area contributed by atoms with Crippen LogP contribution in [0.5, 0.6) is 0 Å². The first-order valence-corrected chi connectivity index (χ1v) is 8.17. The summed E-state index contributed by atoms with van der Waals surface area (Å²) in [5.41, 5.74) is 5.20. The van der Waals surface area contributed by atoms with Crippen LogP contribution in [-0.2, 0) is 9.53 Å². The third kappa shape index (κ3) is 4.14. The van der Waals surface area contributed by atoms with Crippen LogP contribution in [0.2, 0.25) is 0 Å². The van der Waals surface area contributed by atoms with E-state index in [1.165, 1.54) is 0 Å². The van der Waals surface area contributed by atoms with Crippen molar-refractivity contribution in [3.05, 3.63) is 0 Å². The van der Waals surface area contributed by atoms with E-state index in [0.29, 0.717) is 25.9 Å². The Balaban J connectivity index is 3.00. The number of carbonyl (C=O) groups excluding carboxylic acids is 1. The van der Waals surface area contributed by atoms with Crippen molar-refractivity contribution in [2.24, 2.45) is 11.1 Å². The molecule has 0 radical (unpaired) electrons. The van der Waals surface area contributed by atoms with Crippen LogP contribution in [0, 0.1) is 5.41 Å². The molecule has 6 heteroatoms. The van der Waals surface area contributed by atoms with Gasteiger partial charge >= 0.3 is 0 Å². The van der Waals surface area contributed by atoms with Crippen molar-refractivity contribution in [3.63, 3.8) is 0 Å². The van der Waals surface area contributed by atoms with Crippen LogP contribution in [-0.4, -0.2) is 52.8 Å². The summed E-state index contributed by atoms with van der Waals surface area (Å²) < 4.78 is 5.60. The number of thiocarbonyl (C=S) groups is 1. The van der Waals surface area contributed by atoms with Gasteiger partial charge in [-0.2, -0.15) is 0 Å². The summed E-state index contributed by atoms with van der Waals surface area (Å²) >= 11 is 5.24. The molecule has 0 aromatic carbocycles. The fourth-order valence-corrected chi connectivity index (χ4v) is 3.45. The maximum atomic E-state index is 13.1. The highest BCUT2D eigenvalue weighted by Gasteiger charge is 2.44. The lowest BCUT2D eigenvalue weighted by molar-refractivity contribution is -0.154. The SMILES string of the molecule is CCCC(CCC)(C(=O)N1CC(C)OC(CO)C1)C(N)=S. The van der Waals surface area contributed by atoms with Crippen molar-refractivity contribution < 1.29 is 14.6 Å². The Hall–Kier alpha value is -0.720. The molecule has 1 aliphatic rings. The fourth-order valence-electron chi connectivity index (χ4n) is 3.16. The number of carbonyl (C=O) groups is 1. The minimum atomic E-state index is -0.754. The van der Waals surface area contributed by atoms with Crippen LogP contribution < -0.4 is 5.73 Å². The second-order valence-electron chi connectivity index (χ2n) is 5.91. The molecule has 0 bridgehead atoms. The number of ether oxygens (including phenoxy) is 1. The number of aliphatic hydroxyl groups excluding tert-OH is 1. The number of hydrogen-bond acceptors (Lipinski definition) is 4. The lowest BCUT2D eigenvalue weighted by Crippen LogP contribution is -2.57. The van der Waals surface area contributed by atoms with Gasteiger partial charge in [0.05, 0.1) is 29.2 Å². The summed E-state index contributed by atoms with van der Waals surface area (Å²) in [6, 6.07) is 0. The topological polar surface area (TPSA) is 75.8 Å². The van der Waals surface area contributed by atoms with Crippen molar-refractivity contribution in [2.75, 3.05) is 19.7 Å².